The Morgan fingerprint density at radius 2 is 1.67 bits per heavy atom. The van der Waals surface area contributed by atoms with Gasteiger partial charge in [0, 0.05) is 10.6 Å². The normalized spacial score (nSPS) is 10.6. The van der Waals surface area contributed by atoms with Crippen LogP contribution in [0.3, 0.4) is 0 Å². The molecule has 0 amide bonds. The molecular weight excluding hydrogens is 292 g/mol. The zero-order valence-corrected chi connectivity index (χ0v) is 12.4. The fourth-order valence-electron chi connectivity index (χ4n) is 1.69. The first-order valence-corrected chi connectivity index (χ1v) is 6.51. The standard InChI is InChI=1S/C15H15ClN2O3/c1-20-13-7-10(8-14(21-2)15(13)19)9-17-18-12-5-3-11(16)4-6-12/h3-9,18-19H,1-2H3/b17-9-. The summed E-state index contributed by atoms with van der Waals surface area (Å²) in [5, 5.41) is 14.6. The molecule has 21 heavy (non-hydrogen) atoms. The number of hydrogen-bond donors (Lipinski definition) is 2. The Labute approximate surface area is 127 Å². The van der Waals surface area contributed by atoms with Crippen molar-refractivity contribution in [1.29, 1.82) is 0 Å². The van der Waals surface area contributed by atoms with Gasteiger partial charge in [-0.1, -0.05) is 11.6 Å². The lowest BCUT2D eigenvalue weighted by Gasteiger charge is -2.09. The smallest absolute Gasteiger partial charge is 0.200 e. The Morgan fingerprint density at radius 1 is 1.10 bits per heavy atom. The topological polar surface area (TPSA) is 63.1 Å². The molecule has 0 saturated carbocycles. The SMILES string of the molecule is COc1cc(/C=N\Nc2ccc(Cl)cc2)cc(OC)c1O. The fourth-order valence-corrected chi connectivity index (χ4v) is 1.82. The van der Waals surface area contributed by atoms with Gasteiger partial charge in [0.25, 0.3) is 0 Å². The molecule has 110 valence electrons. The number of halogens is 1. The Kier molecular flexibility index (Phi) is 4.90. The molecule has 2 aromatic rings. The summed E-state index contributed by atoms with van der Waals surface area (Å²) in [4.78, 5) is 0. The van der Waals surface area contributed by atoms with Crippen LogP contribution in [0.25, 0.3) is 0 Å². The second-order valence-corrected chi connectivity index (χ2v) is 4.59. The number of phenolic OH excluding ortho intramolecular Hbond substituents is 1. The zero-order valence-electron chi connectivity index (χ0n) is 11.6. The lowest BCUT2D eigenvalue weighted by atomic mass is 10.2. The van der Waals surface area contributed by atoms with Gasteiger partial charge < -0.3 is 14.6 Å². The van der Waals surface area contributed by atoms with Crippen molar-refractivity contribution in [1.82, 2.24) is 0 Å². The van der Waals surface area contributed by atoms with Gasteiger partial charge in [-0.2, -0.15) is 5.10 Å². The number of phenols is 1. The van der Waals surface area contributed by atoms with Crippen molar-refractivity contribution < 1.29 is 14.6 Å². The molecule has 2 rings (SSSR count). The molecule has 0 radical (unpaired) electrons. The lowest BCUT2D eigenvalue weighted by molar-refractivity contribution is 0.340. The van der Waals surface area contributed by atoms with Crippen molar-refractivity contribution in [3.8, 4) is 17.2 Å². The molecule has 0 unspecified atom stereocenters. The van der Waals surface area contributed by atoms with Gasteiger partial charge in [-0.3, -0.25) is 5.43 Å². The first-order valence-electron chi connectivity index (χ1n) is 6.13. The predicted molar refractivity (Wildman–Crippen MR) is 83.9 cm³/mol. The molecule has 0 aliphatic rings. The van der Waals surface area contributed by atoms with Crippen molar-refractivity contribution in [2.45, 2.75) is 0 Å². The second kappa shape index (κ2) is 6.85. The van der Waals surface area contributed by atoms with Gasteiger partial charge in [-0.15, -0.1) is 0 Å². The van der Waals surface area contributed by atoms with E-state index in [9.17, 15) is 5.11 Å². The number of hydrogen-bond acceptors (Lipinski definition) is 5. The molecule has 0 aliphatic carbocycles. The van der Waals surface area contributed by atoms with Crippen LogP contribution in [0.4, 0.5) is 5.69 Å². The number of nitrogens with one attached hydrogen (secondary N) is 1. The second-order valence-electron chi connectivity index (χ2n) is 4.15. The number of methoxy groups -OCH3 is 2. The van der Waals surface area contributed by atoms with Crippen molar-refractivity contribution in [3.63, 3.8) is 0 Å². The van der Waals surface area contributed by atoms with Gasteiger partial charge in [0.15, 0.2) is 11.5 Å². The molecule has 0 aliphatic heterocycles. The quantitative estimate of drug-likeness (QED) is 0.655. The first-order chi connectivity index (χ1) is 10.1. The van der Waals surface area contributed by atoms with Gasteiger partial charge in [-0.25, -0.2) is 0 Å². The highest BCUT2D eigenvalue weighted by Gasteiger charge is 2.10. The fraction of sp³-hybridized carbons (Fsp3) is 0.133. The Hall–Kier alpha value is -2.40. The summed E-state index contributed by atoms with van der Waals surface area (Å²) in [5.74, 6) is 0.604. The Morgan fingerprint density at radius 3 is 2.19 bits per heavy atom. The molecule has 0 aromatic heterocycles. The Balaban J connectivity index is 2.15. The number of rotatable bonds is 5. The molecule has 5 nitrogen and oxygen atoms in total. The van der Waals surface area contributed by atoms with E-state index in [0.717, 1.165) is 11.3 Å². The van der Waals surface area contributed by atoms with Crippen LogP contribution in [0, 0.1) is 0 Å². The van der Waals surface area contributed by atoms with Crippen LogP contribution in [0.1, 0.15) is 5.56 Å². The van der Waals surface area contributed by atoms with Crippen molar-refractivity contribution in [2.75, 3.05) is 19.6 Å². The van der Waals surface area contributed by atoms with E-state index in [0.29, 0.717) is 16.5 Å². The minimum Gasteiger partial charge on any atom is -0.502 e. The number of nitrogens with zero attached hydrogens (tertiary/aromatic N) is 1. The zero-order chi connectivity index (χ0) is 15.2. The molecule has 0 heterocycles. The summed E-state index contributed by atoms with van der Waals surface area (Å²) < 4.78 is 10.2. The highest BCUT2D eigenvalue weighted by atomic mass is 35.5. The number of benzene rings is 2. The number of hydrazone groups is 1. The molecule has 0 spiro atoms. The maximum atomic E-state index is 9.82. The van der Waals surface area contributed by atoms with Gasteiger partial charge >= 0.3 is 0 Å². The van der Waals surface area contributed by atoms with Crippen LogP contribution in [-0.4, -0.2) is 25.5 Å². The van der Waals surface area contributed by atoms with E-state index < -0.39 is 0 Å². The molecule has 0 atom stereocenters. The Bertz CT molecular complexity index is 617. The average molecular weight is 307 g/mol. The third kappa shape index (κ3) is 3.79. The van der Waals surface area contributed by atoms with Crippen molar-refractivity contribution >= 4 is 23.5 Å². The molecule has 2 aromatic carbocycles. The average Bonchev–Trinajstić information content (AvgIpc) is 2.50. The monoisotopic (exact) mass is 306 g/mol. The lowest BCUT2D eigenvalue weighted by Crippen LogP contribution is -1.94. The maximum absolute atomic E-state index is 9.82. The number of anilines is 1. The van der Waals surface area contributed by atoms with Crippen LogP contribution < -0.4 is 14.9 Å². The summed E-state index contributed by atoms with van der Waals surface area (Å²) in [7, 11) is 2.95. The molecule has 0 saturated heterocycles. The number of aromatic hydroxyl groups is 1. The molecular formula is C15H15ClN2O3. The van der Waals surface area contributed by atoms with Crippen molar-refractivity contribution in [2.24, 2.45) is 5.10 Å². The minimum atomic E-state index is -0.0391. The summed E-state index contributed by atoms with van der Waals surface area (Å²) in [6.07, 6.45) is 1.60. The summed E-state index contributed by atoms with van der Waals surface area (Å²) in [6, 6.07) is 10.5. The van der Waals surface area contributed by atoms with Crippen LogP contribution in [-0.2, 0) is 0 Å². The van der Waals surface area contributed by atoms with Crippen LogP contribution in [0.5, 0.6) is 17.2 Å². The van der Waals surface area contributed by atoms with Crippen LogP contribution in [0.15, 0.2) is 41.5 Å². The maximum Gasteiger partial charge on any atom is 0.200 e. The van der Waals surface area contributed by atoms with Crippen LogP contribution in [0.2, 0.25) is 5.02 Å². The third-order valence-electron chi connectivity index (χ3n) is 2.75. The summed E-state index contributed by atoms with van der Waals surface area (Å²) >= 11 is 5.81. The van der Waals surface area contributed by atoms with Gasteiger partial charge in [0.2, 0.25) is 5.75 Å². The third-order valence-corrected chi connectivity index (χ3v) is 3.01. The van der Waals surface area contributed by atoms with E-state index >= 15 is 0 Å². The van der Waals surface area contributed by atoms with E-state index in [2.05, 4.69) is 10.5 Å². The number of ether oxygens (including phenoxy) is 2. The molecule has 2 N–H and O–H groups in total. The van der Waals surface area contributed by atoms with E-state index in [1.54, 1.807) is 30.5 Å². The summed E-state index contributed by atoms with van der Waals surface area (Å²) in [5.41, 5.74) is 4.41. The highest BCUT2D eigenvalue weighted by molar-refractivity contribution is 6.30. The molecule has 0 bridgehead atoms. The minimum absolute atomic E-state index is 0.0391. The largest absolute Gasteiger partial charge is 0.502 e. The van der Waals surface area contributed by atoms with Gasteiger partial charge in [0.1, 0.15) is 0 Å². The summed E-state index contributed by atoms with van der Waals surface area (Å²) in [6.45, 7) is 0. The highest BCUT2D eigenvalue weighted by Crippen LogP contribution is 2.36. The van der Waals surface area contributed by atoms with E-state index in [1.165, 1.54) is 14.2 Å². The van der Waals surface area contributed by atoms with Gasteiger partial charge in [0.05, 0.1) is 26.1 Å². The molecule has 6 heteroatoms. The van der Waals surface area contributed by atoms with E-state index in [1.807, 2.05) is 12.1 Å². The van der Waals surface area contributed by atoms with Gasteiger partial charge in [-0.05, 0) is 36.4 Å². The first kappa shape index (κ1) is 15.0. The van der Waals surface area contributed by atoms with Crippen molar-refractivity contribution in [3.05, 3.63) is 47.0 Å². The van der Waals surface area contributed by atoms with E-state index in [4.69, 9.17) is 21.1 Å². The van der Waals surface area contributed by atoms with E-state index in [-0.39, 0.29) is 5.75 Å². The van der Waals surface area contributed by atoms with Crippen LogP contribution >= 0.6 is 11.6 Å². The molecule has 0 fully saturated rings. The predicted octanol–water partition coefficient (Wildman–Crippen LogP) is 3.51.